The lowest BCUT2D eigenvalue weighted by molar-refractivity contribution is -0.138. The molecule has 0 aliphatic rings. The van der Waals surface area contributed by atoms with Gasteiger partial charge in [-0.1, -0.05) is 32.8 Å². The average molecular weight is 400 g/mol. The number of hydrogen-bond donors (Lipinski definition) is 0. The van der Waals surface area contributed by atoms with Crippen LogP contribution in [-0.4, -0.2) is 38.6 Å². The summed E-state index contributed by atoms with van der Waals surface area (Å²) < 4.78 is 33.2. The normalized spacial score (nSPS) is 12.7. The van der Waals surface area contributed by atoms with Gasteiger partial charge in [-0.3, -0.25) is 4.79 Å². The summed E-state index contributed by atoms with van der Waals surface area (Å²) in [6, 6.07) is 5.14. The van der Waals surface area contributed by atoms with Gasteiger partial charge in [0.05, 0.1) is 13.4 Å². The highest BCUT2D eigenvalue weighted by molar-refractivity contribution is 7.86. The quantitative estimate of drug-likeness (QED) is 0.526. The number of ether oxygens (including phenoxy) is 1. The zero-order chi connectivity index (χ0) is 20.6. The highest BCUT2D eigenvalue weighted by Gasteiger charge is 2.25. The zero-order valence-electron chi connectivity index (χ0n) is 17.3. The zero-order valence-corrected chi connectivity index (χ0v) is 18.1. The molecule has 0 radical (unpaired) electrons. The maximum Gasteiger partial charge on any atom is 0.306 e. The van der Waals surface area contributed by atoms with E-state index in [-0.39, 0.29) is 23.6 Å². The molecule has 1 aromatic carbocycles. The Morgan fingerprint density at radius 3 is 2.33 bits per heavy atom. The average Bonchev–Trinajstić information content (AvgIpc) is 2.58. The summed E-state index contributed by atoms with van der Waals surface area (Å²) in [5.74, 6) is 0.618. The fourth-order valence-electron chi connectivity index (χ4n) is 2.95. The van der Waals surface area contributed by atoms with Crippen LogP contribution >= 0.6 is 0 Å². The predicted octanol–water partition coefficient (Wildman–Crippen LogP) is 3.99. The van der Waals surface area contributed by atoms with Gasteiger partial charge in [-0.15, -0.1) is 0 Å². The second-order valence-corrected chi connectivity index (χ2v) is 8.65. The number of methoxy groups -OCH3 is 1. The number of carbonyl (C=O) groups excluding carboxylic acids is 1. The van der Waals surface area contributed by atoms with Crippen molar-refractivity contribution in [2.75, 3.05) is 13.4 Å². The van der Waals surface area contributed by atoms with Crippen molar-refractivity contribution in [3.63, 3.8) is 0 Å². The van der Waals surface area contributed by atoms with Gasteiger partial charge in [0, 0.05) is 18.5 Å². The first-order chi connectivity index (χ1) is 12.6. The fourth-order valence-corrected chi connectivity index (χ4v) is 3.40. The van der Waals surface area contributed by atoms with E-state index in [0.29, 0.717) is 12.3 Å². The first-order valence-corrected chi connectivity index (χ1v) is 11.3. The molecule has 7 heteroatoms. The smallest absolute Gasteiger partial charge is 0.306 e. The molecule has 1 aromatic rings. The van der Waals surface area contributed by atoms with Gasteiger partial charge in [0.1, 0.15) is 0 Å². The van der Waals surface area contributed by atoms with E-state index in [0.717, 1.165) is 37.5 Å². The predicted molar refractivity (Wildman–Crippen MR) is 107 cm³/mol. The molecule has 0 saturated heterocycles. The van der Waals surface area contributed by atoms with Gasteiger partial charge in [0.15, 0.2) is 11.5 Å². The Morgan fingerprint density at radius 1 is 1.19 bits per heavy atom. The number of amides is 1. The lowest BCUT2D eigenvalue weighted by Crippen LogP contribution is -2.40. The van der Waals surface area contributed by atoms with E-state index < -0.39 is 10.1 Å². The Bertz CT molecular complexity index is 715. The number of hydrogen-bond acceptors (Lipinski definition) is 5. The summed E-state index contributed by atoms with van der Waals surface area (Å²) in [6.07, 6.45) is 4.79. The molecule has 1 unspecified atom stereocenters. The van der Waals surface area contributed by atoms with Gasteiger partial charge in [-0.2, -0.15) is 8.42 Å². The van der Waals surface area contributed by atoms with Crippen LogP contribution in [0.2, 0.25) is 0 Å². The largest absolute Gasteiger partial charge is 0.493 e. The van der Waals surface area contributed by atoms with Gasteiger partial charge in [-0.05, 0) is 44.4 Å². The first kappa shape index (κ1) is 23.3. The number of nitrogens with zero attached hydrogens (tertiary/aromatic N) is 1. The first-order valence-electron chi connectivity index (χ1n) is 9.49. The van der Waals surface area contributed by atoms with Crippen LogP contribution in [0.3, 0.4) is 0 Å². The van der Waals surface area contributed by atoms with E-state index in [1.54, 1.807) is 12.1 Å². The van der Waals surface area contributed by atoms with Crippen LogP contribution in [-0.2, 0) is 21.5 Å². The second kappa shape index (κ2) is 10.5. The van der Waals surface area contributed by atoms with Gasteiger partial charge >= 0.3 is 10.1 Å². The summed E-state index contributed by atoms with van der Waals surface area (Å²) in [5, 5.41) is 0. The van der Waals surface area contributed by atoms with E-state index >= 15 is 0 Å². The van der Waals surface area contributed by atoms with E-state index in [9.17, 15) is 13.2 Å². The standard InChI is InChI=1S/C20H33NO5S/c1-7-9-10-17(8-2)20(22)21(15(3)4)14-16-11-12-18(25-5)19(13-16)26-27(6,23)24/h11-13,15,17H,7-10,14H2,1-6H3. The van der Waals surface area contributed by atoms with Crippen LogP contribution < -0.4 is 8.92 Å². The topological polar surface area (TPSA) is 72.9 Å². The molecule has 1 amide bonds. The van der Waals surface area contributed by atoms with E-state index in [1.807, 2.05) is 31.7 Å². The lowest BCUT2D eigenvalue weighted by atomic mass is 9.97. The van der Waals surface area contributed by atoms with Gasteiger partial charge < -0.3 is 13.8 Å². The molecule has 0 fully saturated rings. The summed E-state index contributed by atoms with van der Waals surface area (Å²) in [4.78, 5) is 14.9. The molecule has 0 saturated carbocycles. The van der Waals surface area contributed by atoms with Crippen molar-refractivity contribution in [3.05, 3.63) is 23.8 Å². The van der Waals surface area contributed by atoms with Gasteiger partial charge in [0.2, 0.25) is 5.91 Å². The van der Waals surface area contributed by atoms with Crippen molar-refractivity contribution in [3.8, 4) is 11.5 Å². The number of unbranched alkanes of at least 4 members (excludes halogenated alkanes) is 1. The molecule has 154 valence electrons. The summed E-state index contributed by atoms with van der Waals surface area (Å²) >= 11 is 0. The monoisotopic (exact) mass is 399 g/mol. The second-order valence-electron chi connectivity index (χ2n) is 7.08. The lowest BCUT2D eigenvalue weighted by Gasteiger charge is -2.31. The minimum absolute atomic E-state index is 0.0114. The van der Waals surface area contributed by atoms with Crippen LogP contribution in [0.15, 0.2) is 18.2 Å². The van der Waals surface area contributed by atoms with E-state index in [4.69, 9.17) is 8.92 Å². The number of benzene rings is 1. The van der Waals surface area contributed by atoms with E-state index in [2.05, 4.69) is 6.92 Å². The molecule has 0 N–H and O–H groups in total. The highest BCUT2D eigenvalue weighted by Crippen LogP contribution is 2.30. The van der Waals surface area contributed by atoms with Crippen molar-refractivity contribution in [1.82, 2.24) is 4.90 Å². The molecule has 0 bridgehead atoms. The summed E-state index contributed by atoms with van der Waals surface area (Å²) in [7, 11) is -2.22. The van der Waals surface area contributed by atoms with Crippen LogP contribution in [0.5, 0.6) is 11.5 Å². The molecule has 6 nitrogen and oxygen atoms in total. The molecule has 27 heavy (non-hydrogen) atoms. The Balaban J connectivity index is 3.09. The fraction of sp³-hybridized carbons (Fsp3) is 0.650. The van der Waals surface area contributed by atoms with Crippen molar-refractivity contribution in [2.24, 2.45) is 5.92 Å². The third-order valence-electron chi connectivity index (χ3n) is 4.48. The molecular weight excluding hydrogens is 366 g/mol. The third-order valence-corrected chi connectivity index (χ3v) is 4.96. The molecule has 1 atom stereocenters. The Morgan fingerprint density at radius 2 is 1.85 bits per heavy atom. The maximum atomic E-state index is 13.0. The Hall–Kier alpha value is -1.76. The Kier molecular flexibility index (Phi) is 9.09. The molecular formula is C20H33NO5S. The molecule has 0 aliphatic heterocycles. The number of rotatable bonds is 11. The Labute approximate surface area is 164 Å². The van der Waals surface area contributed by atoms with Crippen molar-refractivity contribution in [1.29, 1.82) is 0 Å². The van der Waals surface area contributed by atoms with Crippen LogP contribution in [0.1, 0.15) is 58.9 Å². The molecule has 0 aliphatic carbocycles. The van der Waals surface area contributed by atoms with Crippen molar-refractivity contribution < 1.29 is 22.1 Å². The summed E-state index contributed by atoms with van der Waals surface area (Å²) in [6.45, 7) is 8.53. The molecule has 0 heterocycles. The van der Waals surface area contributed by atoms with Crippen LogP contribution in [0.25, 0.3) is 0 Å². The van der Waals surface area contributed by atoms with Crippen molar-refractivity contribution >= 4 is 16.0 Å². The van der Waals surface area contributed by atoms with E-state index in [1.165, 1.54) is 7.11 Å². The van der Waals surface area contributed by atoms with Crippen LogP contribution in [0.4, 0.5) is 0 Å². The molecule has 1 rings (SSSR count). The highest BCUT2D eigenvalue weighted by atomic mass is 32.2. The van der Waals surface area contributed by atoms with Crippen molar-refractivity contribution in [2.45, 2.75) is 66.0 Å². The van der Waals surface area contributed by atoms with Crippen LogP contribution in [0, 0.1) is 5.92 Å². The van der Waals surface area contributed by atoms with Gasteiger partial charge in [0.25, 0.3) is 0 Å². The SMILES string of the molecule is CCCCC(CC)C(=O)N(Cc1ccc(OC)c(OS(C)(=O)=O)c1)C(C)C. The number of carbonyl (C=O) groups is 1. The maximum absolute atomic E-state index is 13.0. The molecule has 0 spiro atoms. The minimum Gasteiger partial charge on any atom is -0.493 e. The summed E-state index contributed by atoms with van der Waals surface area (Å²) in [5.41, 5.74) is 0.793. The van der Waals surface area contributed by atoms with Gasteiger partial charge in [-0.25, -0.2) is 0 Å². The third kappa shape index (κ3) is 7.40. The minimum atomic E-state index is -3.68. The molecule has 0 aromatic heterocycles.